The molecule has 3 fully saturated rings. The molecule has 0 radical (unpaired) electrons. The van der Waals surface area contributed by atoms with Crippen LogP contribution in [-0.2, 0) is 6.18 Å². The highest BCUT2D eigenvalue weighted by Gasteiger charge is 2.38. The van der Waals surface area contributed by atoms with Crippen LogP contribution in [0.4, 0.5) is 13.2 Å². The van der Waals surface area contributed by atoms with Gasteiger partial charge in [0.15, 0.2) is 0 Å². The molecule has 0 aromatic carbocycles. The number of amides is 1. The van der Waals surface area contributed by atoms with E-state index in [2.05, 4.69) is 19.9 Å². The van der Waals surface area contributed by atoms with Crippen LogP contribution >= 0.6 is 0 Å². The number of rotatable bonds is 4. The molecule has 3 aliphatic rings. The molecule has 2 aromatic heterocycles. The van der Waals surface area contributed by atoms with E-state index >= 15 is 0 Å². The number of hydrogen-bond acceptors (Lipinski definition) is 6. The first-order chi connectivity index (χ1) is 15.4. The molecule has 1 saturated carbocycles. The Labute approximate surface area is 183 Å². The van der Waals surface area contributed by atoms with Gasteiger partial charge in [-0.05, 0) is 31.4 Å². The fourth-order valence-corrected chi connectivity index (χ4v) is 4.50. The van der Waals surface area contributed by atoms with Crippen molar-refractivity contribution in [2.45, 2.75) is 49.9 Å². The number of aromatic nitrogens is 3. The fraction of sp³-hybridized carbons (Fsp3) is 0.545. The third kappa shape index (κ3) is 4.55. The molecule has 0 N–H and O–H groups in total. The number of carbonyl (C=O) groups excluding carboxylic acids is 1. The zero-order valence-electron chi connectivity index (χ0n) is 17.5. The van der Waals surface area contributed by atoms with Crippen molar-refractivity contribution in [2.24, 2.45) is 0 Å². The Balaban J connectivity index is 1.23. The standard InChI is InChI=1S/C22H24F3N5O2/c23-22(24,25)19-4-1-3-17(28-19)21(31)30-8-2-7-29-13-16(9-15(29)12-30)32-20-11-26-18(10-27-20)14-5-6-14/h1,3-4,10-11,14-16H,2,5-9,12-13H2/t15-,16+/m0/s1. The van der Waals surface area contributed by atoms with Crippen LogP contribution in [0.2, 0.25) is 0 Å². The summed E-state index contributed by atoms with van der Waals surface area (Å²) in [6.45, 7) is 2.45. The first-order valence-electron chi connectivity index (χ1n) is 10.9. The molecule has 1 aliphatic carbocycles. The highest BCUT2D eigenvalue weighted by atomic mass is 19.4. The summed E-state index contributed by atoms with van der Waals surface area (Å²) >= 11 is 0. The molecule has 0 spiro atoms. The maximum atomic E-state index is 13.0. The number of halogens is 3. The maximum absolute atomic E-state index is 13.0. The van der Waals surface area contributed by atoms with Gasteiger partial charge in [0.05, 0.1) is 18.1 Å². The molecule has 2 aromatic rings. The summed E-state index contributed by atoms with van der Waals surface area (Å²) < 4.78 is 45.0. The average Bonchev–Trinajstić information content (AvgIpc) is 3.58. The predicted octanol–water partition coefficient (Wildman–Crippen LogP) is 3.14. The lowest BCUT2D eigenvalue weighted by atomic mass is 10.1. The smallest absolute Gasteiger partial charge is 0.433 e. The Morgan fingerprint density at radius 1 is 1.09 bits per heavy atom. The van der Waals surface area contributed by atoms with Crippen molar-refractivity contribution in [3.63, 3.8) is 0 Å². The zero-order chi connectivity index (χ0) is 22.3. The molecule has 2 atom stereocenters. The summed E-state index contributed by atoms with van der Waals surface area (Å²) in [6.07, 6.45) is 2.59. The van der Waals surface area contributed by atoms with E-state index in [1.165, 1.54) is 25.0 Å². The van der Waals surface area contributed by atoms with Crippen molar-refractivity contribution < 1.29 is 22.7 Å². The fourth-order valence-electron chi connectivity index (χ4n) is 4.50. The third-order valence-electron chi connectivity index (χ3n) is 6.27. The van der Waals surface area contributed by atoms with Crippen molar-refractivity contribution in [1.29, 1.82) is 0 Å². The van der Waals surface area contributed by atoms with Gasteiger partial charge in [-0.25, -0.2) is 9.97 Å². The van der Waals surface area contributed by atoms with Gasteiger partial charge in [0.2, 0.25) is 5.88 Å². The molecule has 0 unspecified atom stereocenters. The van der Waals surface area contributed by atoms with Gasteiger partial charge in [0, 0.05) is 44.6 Å². The quantitative estimate of drug-likeness (QED) is 0.717. The molecule has 32 heavy (non-hydrogen) atoms. The van der Waals surface area contributed by atoms with Crippen LogP contribution in [-0.4, -0.2) is 69.0 Å². The number of alkyl halides is 3. The van der Waals surface area contributed by atoms with Crippen molar-refractivity contribution >= 4 is 5.91 Å². The van der Waals surface area contributed by atoms with E-state index in [0.717, 1.165) is 31.3 Å². The average molecular weight is 447 g/mol. The normalized spacial score (nSPS) is 24.2. The molecule has 2 aliphatic heterocycles. The zero-order valence-corrected chi connectivity index (χ0v) is 17.5. The van der Waals surface area contributed by atoms with Crippen LogP contribution in [0.25, 0.3) is 0 Å². The van der Waals surface area contributed by atoms with Gasteiger partial charge in [0.1, 0.15) is 17.5 Å². The highest BCUT2D eigenvalue weighted by Crippen LogP contribution is 2.38. The molecule has 2 saturated heterocycles. The molecule has 0 bridgehead atoms. The lowest BCUT2D eigenvalue weighted by Gasteiger charge is -2.25. The number of ether oxygens (including phenoxy) is 1. The molecular formula is C22H24F3N5O2. The minimum Gasteiger partial charge on any atom is -0.472 e. The topological polar surface area (TPSA) is 71.5 Å². The number of pyridine rings is 1. The van der Waals surface area contributed by atoms with Crippen molar-refractivity contribution in [3.05, 3.63) is 47.7 Å². The Bertz CT molecular complexity index is 980. The second-order valence-electron chi connectivity index (χ2n) is 8.69. The molecular weight excluding hydrogens is 423 g/mol. The maximum Gasteiger partial charge on any atom is 0.433 e. The summed E-state index contributed by atoms with van der Waals surface area (Å²) in [5, 5.41) is 0. The van der Waals surface area contributed by atoms with E-state index in [-0.39, 0.29) is 17.8 Å². The van der Waals surface area contributed by atoms with E-state index in [1.807, 2.05) is 0 Å². The number of carbonyl (C=O) groups is 1. The van der Waals surface area contributed by atoms with E-state index < -0.39 is 17.8 Å². The van der Waals surface area contributed by atoms with Gasteiger partial charge in [-0.15, -0.1) is 0 Å². The molecule has 7 nitrogen and oxygen atoms in total. The summed E-state index contributed by atoms with van der Waals surface area (Å²) in [6, 6.07) is 3.52. The predicted molar refractivity (Wildman–Crippen MR) is 108 cm³/mol. The second kappa shape index (κ2) is 8.31. The second-order valence-corrected chi connectivity index (χ2v) is 8.69. The van der Waals surface area contributed by atoms with Crippen LogP contribution in [0.15, 0.2) is 30.6 Å². The SMILES string of the molecule is O=C(c1cccc(C(F)(F)F)n1)N1CCCN2C[C@H](Oc3cnc(C4CC4)cn3)C[C@H]2C1. The third-order valence-corrected chi connectivity index (χ3v) is 6.27. The molecule has 1 amide bonds. The summed E-state index contributed by atoms with van der Waals surface area (Å²) in [4.78, 5) is 29.2. The van der Waals surface area contributed by atoms with Gasteiger partial charge in [-0.1, -0.05) is 6.07 Å². The van der Waals surface area contributed by atoms with Crippen LogP contribution in [0, 0.1) is 0 Å². The number of nitrogens with zero attached hydrogens (tertiary/aromatic N) is 5. The summed E-state index contributed by atoms with van der Waals surface area (Å²) in [5.74, 6) is 0.567. The highest BCUT2D eigenvalue weighted by molar-refractivity contribution is 5.92. The van der Waals surface area contributed by atoms with E-state index in [1.54, 1.807) is 17.3 Å². The minimum absolute atomic E-state index is 0.0668. The number of hydrogen-bond donors (Lipinski definition) is 0. The molecule has 170 valence electrons. The molecule has 5 rings (SSSR count). The molecule has 4 heterocycles. The van der Waals surface area contributed by atoms with Gasteiger partial charge >= 0.3 is 6.18 Å². The van der Waals surface area contributed by atoms with Crippen LogP contribution in [0.1, 0.15) is 53.5 Å². The lowest BCUT2D eigenvalue weighted by Crippen LogP contribution is -2.40. The van der Waals surface area contributed by atoms with Gasteiger partial charge in [-0.3, -0.25) is 14.7 Å². The first kappa shape index (κ1) is 21.1. The summed E-state index contributed by atoms with van der Waals surface area (Å²) in [7, 11) is 0. The van der Waals surface area contributed by atoms with E-state index in [0.29, 0.717) is 31.3 Å². The number of fused-ring (bicyclic) bond motifs is 1. The van der Waals surface area contributed by atoms with Crippen LogP contribution in [0.5, 0.6) is 5.88 Å². The molecule has 10 heteroatoms. The Morgan fingerprint density at radius 3 is 2.66 bits per heavy atom. The van der Waals surface area contributed by atoms with Gasteiger partial charge in [0.25, 0.3) is 5.91 Å². The van der Waals surface area contributed by atoms with Crippen molar-refractivity contribution in [3.8, 4) is 5.88 Å². The first-order valence-corrected chi connectivity index (χ1v) is 10.9. The monoisotopic (exact) mass is 447 g/mol. The van der Waals surface area contributed by atoms with Gasteiger partial charge in [-0.2, -0.15) is 13.2 Å². The lowest BCUT2D eigenvalue weighted by molar-refractivity contribution is -0.141. The Morgan fingerprint density at radius 2 is 1.94 bits per heavy atom. The Hall–Kier alpha value is -2.75. The Kier molecular flexibility index (Phi) is 5.48. The van der Waals surface area contributed by atoms with Crippen molar-refractivity contribution in [1.82, 2.24) is 24.8 Å². The largest absolute Gasteiger partial charge is 0.472 e. The summed E-state index contributed by atoms with van der Waals surface area (Å²) in [5.41, 5.74) is -0.219. The van der Waals surface area contributed by atoms with Crippen LogP contribution in [0.3, 0.4) is 0 Å². The van der Waals surface area contributed by atoms with Gasteiger partial charge < -0.3 is 9.64 Å². The minimum atomic E-state index is -4.58. The van der Waals surface area contributed by atoms with Crippen LogP contribution < -0.4 is 4.74 Å². The van der Waals surface area contributed by atoms with Crippen molar-refractivity contribution in [2.75, 3.05) is 26.2 Å². The van der Waals surface area contributed by atoms with E-state index in [9.17, 15) is 18.0 Å². The van der Waals surface area contributed by atoms with E-state index in [4.69, 9.17) is 4.74 Å².